The van der Waals surface area contributed by atoms with E-state index in [1.807, 2.05) is 24.4 Å². The van der Waals surface area contributed by atoms with Crippen molar-refractivity contribution in [2.45, 2.75) is 31.1 Å². The quantitative estimate of drug-likeness (QED) is 0.877. The molecular weight excluding hydrogens is 312 g/mol. The number of anilines is 1. The number of ether oxygens (including phenoxy) is 1. The predicted molar refractivity (Wildman–Crippen MR) is 99.1 cm³/mol. The summed E-state index contributed by atoms with van der Waals surface area (Å²) in [5.41, 5.74) is 0.995. The molecule has 1 saturated carbocycles. The molecule has 2 fully saturated rings. The van der Waals surface area contributed by atoms with Gasteiger partial charge in [-0.3, -0.25) is 0 Å². The van der Waals surface area contributed by atoms with Gasteiger partial charge in [0.05, 0.1) is 13.2 Å². The maximum Gasteiger partial charge on any atom is 0.132 e. The predicted octanol–water partition coefficient (Wildman–Crippen LogP) is 3.40. The second-order valence-corrected chi connectivity index (χ2v) is 7.43. The first-order valence-electron chi connectivity index (χ1n) is 9.29. The van der Waals surface area contributed by atoms with Gasteiger partial charge in [-0.15, -0.1) is 0 Å². The average Bonchev–Trinajstić information content (AvgIpc) is 3.52. The molecule has 1 atom stereocenters. The molecule has 0 amide bonds. The second kappa shape index (κ2) is 7.04. The lowest BCUT2D eigenvalue weighted by atomic mass is 9.75. The van der Waals surface area contributed by atoms with Crippen molar-refractivity contribution in [2.24, 2.45) is 5.92 Å². The smallest absolute Gasteiger partial charge is 0.132 e. The zero-order valence-electron chi connectivity index (χ0n) is 14.6. The summed E-state index contributed by atoms with van der Waals surface area (Å²) in [7, 11) is 0. The van der Waals surface area contributed by atoms with Crippen LogP contribution in [0.3, 0.4) is 0 Å². The summed E-state index contributed by atoms with van der Waals surface area (Å²) < 4.78 is 5.91. The minimum Gasteiger partial charge on any atom is -0.493 e. The molecule has 1 aromatic heterocycles. The Labute approximate surface area is 149 Å². The van der Waals surface area contributed by atoms with Gasteiger partial charge in [-0.05, 0) is 43.2 Å². The molecule has 2 aromatic rings. The fraction of sp³-hybridized carbons (Fsp3) is 0.476. The summed E-state index contributed by atoms with van der Waals surface area (Å²) >= 11 is 0. The Kier molecular flexibility index (Phi) is 4.62. The Balaban J connectivity index is 1.53. The van der Waals surface area contributed by atoms with E-state index in [0.717, 1.165) is 50.0 Å². The maximum atomic E-state index is 10.2. The van der Waals surface area contributed by atoms with Gasteiger partial charge in [0.15, 0.2) is 0 Å². The minimum absolute atomic E-state index is 0.158. The summed E-state index contributed by atoms with van der Waals surface area (Å²) in [6.07, 6.45) is 6.46. The SMILES string of the molecule is OCC1(c2ccccc2)CCCN(c2cc(OCC3CC3)ccn2)C1. The van der Waals surface area contributed by atoms with Crippen molar-refractivity contribution in [3.8, 4) is 5.75 Å². The van der Waals surface area contributed by atoms with Gasteiger partial charge in [0.1, 0.15) is 11.6 Å². The van der Waals surface area contributed by atoms with Crippen LogP contribution in [0.15, 0.2) is 48.7 Å². The monoisotopic (exact) mass is 338 g/mol. The first-order valence-corrected chi connectivity index (χ1v) is 9.29. The van der Waals surface area contributed by atoms with Crippen molar-refractivity contribution >= 4 is 5.82 Å². The third kappa shape index (κ3) is 3.64. The number of benzene rings is 1. The van der Waals surface area contributed by atoms with Crippen LogP contribution in [-0.4, -0.2) is 36.4 Å². The molecule has 132 valence electrons. The zero-order chi connectivity index (χ0) is 17.1. The van der Waals surface area contributed by atoms with Crippen LogP contribution in [0.1, 0.15) is 31.2 Å². The molecular formula is C21H26N2O2. The molecule has 0 spiro atoms. The highest BCUT2D eigenvalue weighted by atomic mass is 16.5. The summed E-state index contributed by atoms with van der Waals surface area (Å²) in [6, 6.07) is 14.4. The van der Waals surface area contributed by atoms with Crippen molar-refractivity contribution < 1.29 is 9.84 Å². The van der Waals surface area contributed by atoms with E-state index in [1.165, 1.54) is 18.4 Å². The topological polar surface area (TPSA) is 45.6 Å². The fourth-order valence-corrected chi connectivity index (χ4v) is 3.74. The van der Waals surface area contributed by atoms with E-state index in [2.05, 4.69) is 34.1 Å². The third-order valence-electron chi connectivity index (χ3n) is 5.49. The molecule has 1 N–H and O–H groups in total. The summed E-state index contributed by atoms with van der Waals surface area (Å²) in [4.78, 5) is 6.85. The van der Waals surface area contributed by atoms with Crippen molar-refractivity contribution in [2.75, 3.05) is 31.2 Å². The highest BCUT2D eigenvalue weighted by molar-refractivity contribution is 5.46. The van der Waals surface area contributed by atoms with Crippen molar-refractivity contribution in [1.29, 1.82) is 0 Å². The van der Waals surface area contributed by atoms with Gasteiger partial charge < -0.3 is 14.7 Å². The maximum absolute atomic E-state index is 10.2. The number of aliphatic hydroxyl groups excluding tert-OH is 1. The normalized spacial score (nSPS) is 23.5. The summed E-state index contributed by atoms with van der Waals surface area (Å²) in [5.74, 6) is 2.59. The molecule has 1 aliphatic heterocycles. The minimum atomic E-state index is -0.216. The number of hydrogen-bond donors (Lipinski definition) is 1. The lowest BCUT2D eigenvalue weighted by Crippen LogP contribution is -2.48. The van der Waals surface area contributed by atoms with Crippen molar-refractivity contribution in [1.82, 2.24) is 4.98 Å². The second-order valence-electron chi connectivity index (χ2n) is 7.43. The van der Waals surface area contributed by atoms with Crippen LogP contribution in [0.2, 0.25) is 0 Å². The Hall–Kier alpha value is -2.07. The van der Waals surface area contributed by atoms with E-state index < -0.39 is 0 Å². The number of aliphatic hydroxyl groups is 1. The van der Waals surface area contributed by atoms with Gasteiger partial charge in [-0.2, -0.15) is 0 Å². The fourth-order valence-electron chi connectivity index (χ4n) is 3.74. The van der Waals surface area contributed by atoms with E-state index in [1.54, 1.807) is 0 Å². The average molecular weight is 338 g/mol. The highest BCUT2D eigenvalue weighted by Crippen LogP contribution is 2.36. The summed E-state index contributed by atoms with van der Waals surface area (Å²) in [5, 5.41) is 10.2. The van der Waals surface area contributed by atoms with Crippen LogP contribution < -0.4 is 9.64 Å². The van der Waals surface area contributed by atoms with Crippen LogP contribution >= 0.6 is 0 Å². The third-order valence-corrected chi connectivity index (χ3v) is 5.49. The lowest BCUT2D eigenvalue weighted by Gasteiger charge is -2.42. The molecule has 0 radical (unpaired) electrons. The van der Waals surface area contributed by atoms with E-state index in [9.17, 15) is 5.11 Å². The largest absolute Gasteiger partial charge is 0.493 e. The molecule has 1 unspecified atom stereocenters. The van der Waals surface area contributed by atoms with Crippen LogP contribution in [0, 0.1) is 5.92 Å². The van der Waals surface area contributed by atoms with E-state index in [-0.39, 0.29) is 12.0 Å². The molecule has 2 aliphatic rings. The van der Waals surface area contributed by atoms with Crippen molar-refractivity contribution in [3.05, 3.63) is 54.2 Å². The van der Waals surface area contributed by atoms with Gasteiger partial charge in [0.2, 0.25) is 0 Å². The van der Waals surface area contributed by atoms with Crippen LogP contribution in [0.25, 0.3) is 0 Å². The molecule has 4 heteroatoms. The first-order chi connectivity index (χ1) is 12.3. The molecule has 1 aromatic carbocycles. The molecule has 1 aliphatic carbocycles. The van der Waals surface area contributed by atoms with E-state index in [0.29, 0.717) is 0 Å². The highest BCUT2D eigenvalue weighted by Gasteiger charge is 2.37. The molecule has 4 nitrogen and oxygen atoms in total. The molecule has 0 bridgehead atoms. The summed E-state index contributed by atoms with van der Waals surface area (Å²) in [6.45, 7) is 2.72. The van der Waals surface area contributed by atoms with Gasteiger partial charge in [-0.1, -0.05) is 30.3 Å². The first kappa shape index (κ1) is 16.4. The van der Waals surface area contributed by atoms with Crippen LogP contribution in [-0.2, 0) is 5.41 Å². The van der Waals surface area contributed by atoms with Gasteiger partial charge in [-0.25, -0.2) is 4.98 Å². The standard InChI is InChI=1S/C21H26N2O2/c24-16-21(18-5-2-1-3-6-18)10-4-12-23(15-21)20-13-19(9-11-22-20)25-14-17-7-8-17/h1-3,5-6,9,11,13,17,24H,4,7-8,10,12,14-16H2. The van der Waals surface area contributed by atoms with Gasteiger partial charge in [0.25, 0.3) is 0 Å². The van der Waals surface area contributed by atoms with Crippen LogP contribution in [0.5, 0.6) is 5.75 Å². The Morgan fingerprint density at radius 3 is 2.80 bits per heavy atom. The van der Waals surface area contributed by atoms with E-state index >= 15 is 0 Å². The Morgan fingerprint density at radius 1 is 1.20 bits per heavy atom. The zero-order valence-corrected chi connectivity index (χ0v) is 14.6. The van der Waals surface area contributed by atoms with E-state index in [4.69, 9.17) is 4.74 Å². The molecule has 2 heterocycles. The number of nitrogens with zero attached hydrogens (tertiary/aromatic N) is 2. The number of rotatable bonds is 6. The number of piperidine rings is 1. The van der Waals surface area contributed by atoms with Gasteiger partial charge in [0, 0.05) is 30.8 Å². The van der Waals surface area contributed by atoms with Crippen molar-refractivity contribution in [3.63, 3.8) is 0 Å². The lowest BCUT2D eigenvalue weighted by molar-refractivity contribution is 0.172. The van der Waals surface area contributed by atoms with Gasteiger partial charge >= 0.3 is 0 Å². The van der Waals surface area contributed by atoms with Crippen LogP contribution in [0.4, 0.5) is 5.82 Å². The molecule has 4 rings (SSSR count). The Bertz CT molecular complexity index is 702. The Morgan fingerprint density at radius 2 is 2.04 bits per heavy atom. The molecule has 1 saturated heterocycles. The number of aromatic nitrogens is 1. The number of hydrogen-bond acceptors (Lipinski definition) is 4. The molecule has 25 heavy (non-hydrogen) atoms. The number of pyridine rings is 1.